The van der Waals surface area contributed by atoms with Crippen molar-refractivity contribution in [1.82, 2.24) is 4.90 Å². The number of likely N-dealkylation sites (tertiary alicyclic amines) is 1. The predicted molar refractivity (Wildman–Crippen MR) is 49.6 cm³/mol. The van der Waals surface area contributed by atoms with Gasteiger partial charge in [0.15, 0.2) is 0 Å². The zero-order valence-corrected chi connectivity index (χ0v) is 8.15. The first-order valence-corrected chi connectivity index (χ1v) is 4.80. The van der Waals surface area contributed by atoms with E-state index in [2.05, 4.69) is 4.90 Å². The number of hydrogen-bond acceptors (Lipinski definition) is 4. The molecule has 4 heteroatoms. The fraction of sp³-hybridized carbons (Fsp3) is 1.00. The molecule has 0 aromatic heterocycles. The molecule has 0 aromatic rings. The van der Waals surface area contributed by atoms with Crippen LogP contribution in [0.5, 0.6) is 0 Å². The number of hydrogen-bond donors (Lipinski definition) is 2. The summed E-state index contributed by atoms with van der Waals surface area (Å²) in [4.78, 5) is 2.16. The van der Waals surface area contributed by atoms with E-state index in [1.54, 1.807) is 7.11 Å². The van der Waals surface area contributed by atoms with E-state index in [0.717, 1.165) is 25.9 Å². The monoisotopic (exact) mass is 189 g/mol. The van der Waals surface area contributed by atoms with Crippen LogP contribution in [-0.2, 0) is 4.74 Å². The van der Waals surface area contributed by atoms with E-state index >= 15 is 0 Å². The Morgan fingerprint density at radius 1 is 1.46 bits per heavy atom. The normalized spacial score (nSPS) is 23.3. The van der Waals surface area contributed by atoms with Crippen LogP contribution in [0.4, 0.5) is 0 Å². The summed E-state index contributed by atoms with van der Waals surface area (Å²) in [5.74, 6) is 0. The molecule has 0 spiro atoms. The number of rotatable bonds is 4. The van der Waals surface area contributed by atoms with Crippen molar-refractivity contribution < 1.29 is 14.9 Å². The molecule has 1 unspecified atom stereocenters. The van der Waals surface area contributed by atoms with Gasteiger partial charge in [0.25, 0.3) is 0 Å². The van der Waals surface area contributed by atoms with Gasteiger partial charge in [0, 0.05) is 26.7 Å². The molecule has 78 valence electrons. The van der Waals surface area contributed by atoms with E-state index in [1.165, 1.54) is 0 Å². The molecule has 0 amide bonds. The number of β-amino-alcohol motifs (C(OH)–C–C–N with tert-alkyl or cyclic N) is 1. The van der Waals surface area contributed by atoms with Crippen LogP contribution in [0.3, 0.4) is 0 Å². The summed E-state index contributed by atoms with van der Waals surface area (Å²) in [6.07, 6.45) is 1.82. The highest BCUT2D eigenvalue weighted by Gasteiger charge is 2.19. The van der Waals surface area contributed by atoms with Gasteiger partial charge in [0.1, 0.15) is 0 Å². The SMILES string of the molecule is COC1CCN(CC(O)CO)CC1. The van der Waals surface area contributed by atoms with Crippen molar-refractivity contribution in [2.24, 2.45) is 0 Å². The van der Waals surface area contributed by atoms with Crippen LogP contribution in [0.1, 0.15) is 12.8 Å². The van der Waals surface area contributed by atoms with Crippen molar-refractivity contribution in [2.75, 3.05) is 33.4 Å². The largest absolute Gasteiger partial charge is 0.394 e. The van der Waals surface area contributed by atoms with Crippen LogP contribution in [0.25, 0.3) is 0 Å². The Hall–Kier alpha value is -0.160. The molecule has 1 aliphatic rings. The highest BCUT2D eigenvalue weighted by atomic mass is 16.5. The Morgan fingerprint density at radius 3 is 2.54 bits per heavy atom. The smallest absolute Gasteiger partial charge is 0.0897 e. The maximum atomic E-state index is 9.21. The van der Waals surface area contributed by atoms with E-state index in [4.69, 9.17) is 9.84 Å². The first kappa shape index (κ1) is 10.9. The van der Waals surface area contributed by atoms with Gasteiger partial charge in [-0.2, -0.15) is 0 Å². The lowest BCUT2D eigenvalue weighted by molar-refractivity contribution is 0.0124. The molecule has 13 heavy (non-hydrogen) atoms. The number of methoxy groups -OCH3 is 1. The van der Waals surface area contributed by atoms with Gasteiger partial charge in [-0.15, -0.1) is 0 Å². The maximum absolute atomic E-state index is 9.21. The summed E-state index contributed by atoms with van der Waals surface area (Å²) >= 11 is 0. The molecular weight excluding hydrogens is 170 g/mol. The van der Waals surface area contributed by atoms with E-state index in [-0.39, 0.29) is 6.61 Å². The summed E-state index contributed by atoms with van der Waals surface area (Å²) in [5, 5.41) is 17.9. The van der Waals surface area contributed by atoms with Crippen molar-refractivity contribution >= 4 is 0 Å². The van der Waals surface area contributed by atoms with E-state index < -0.39 is 6.10 Å². The first-order chi connectivity index (χ1) is 6.26. The predicted octanol–water partition coefficient (Wildman–Crippen LogP) is -0.550. The van der Waals surface area contributed by atoms with Crippen LogP contribution >= 0.6 is 0 Å². The molecule has 4 nitrogen and oxygen atoms in total. The second-order valence-corrected chi connectivity index (χ2v) is 3.57. The minimum absolute atomic E-state index is 0.149. The molecule has 2 N–H and O–H groups in total. The van der Waals surface area contributed by atoms with Crippen LogP contribution in [-0.4, -0.2) is 60.7 Å². The molecule has 1 saturated heterocycles. The molecule has 0 bridgehead atoms. The van der Waals surface area contributed by atoms with Crippen LogP contribution in [0.2, 0.25) is 0 Å². The van der Waals surface area contributed by atoms with Gasteiger partial charge in [0.2, 0.25) is 0 Å². The average molecular weight is 189 g/mol. The molecular formula is C9H19NO3. The molecule has 1 aliphatic heterocycles. The Labute approximate surface area is 79.1 Å². The number of aliphatic hydroxyl groups excluding tert-OH is 2. The third-order valence-electron chi connectivity index (χ3n) is 2.55. The average Bonchev–Trinajstić information content (AvgIpc) is 2.19. The lowest BCUT2D eigenvalue weighted by Gasteiger charge is -2.32. The second-order valence-electron chi connectivity index (χ2n) is 3.57. The lowest BCUT2D eigenvalue weighted by Crippen LogP contribution is -2.41. The van der Waals surface area contributed by atoms with Crippen molar-refractivity contribution in [3.63, 3.8) is 0 Å². The van der Waals surface area contributed by atoms with Gasteiger partial charge >= 0.3 is 0 Å². The zero-order chi connectivity index (χ0) is 9.68. The first-order valence-electron chi connectivity index (χ1n) is 4.80. The number of nitrogens with zero attached hydrogens (tertiary/aromatic N) is 1. The van der Waals surface area contributed by atoms with Crippen molar-refractivity contribution in [1.29, 1.82) is 0 Å². The highest BCUT2D eigenvalue weighted by Crippen LogP contribution is 2.12. The van der Waals surface area contributed by atoms with E-state index in [9.17, 15) is 5.11 Å². The molecule has 1 rings (SSSR count). The van der Waals surface area contributed by atoms with E-state index in [0.29, 0.717) is 12.6 Å². The fourth-order valence-electron chi connectivity index (χ4n) is 1.68. The number of ether oxygens (including phenoxy) is 1. The lowest BCUT2D eigenvalue weighted by atomic mass is 10.1. The highest BCUT2D eigenvalue weighted by molar-refractivity contribution is 4.73. The Bertz CT molecular complexity index is 135. The molecule has 1 heterocycles. The molecule has 1 fully saturated rings. The summed E-state index contributed by atoms with van der Waals surface area (Å²) in [5.41, 5.74) is 0. The Morgan fingerprint density at radius 2 is 2.08 bits per heavy atom. The van der Waals surface area contributed by atoms with Gasteiger partial charge < -0.3 is 19.8 Å². The molecule has 1 atom stereocenters. The van der Waals surface area contributed by atoms with E-state index in [1.807, 2.05) is 0 Å². The summed E-state index contributed by atoms with van der Waals surface area (Å²) < 4.78 is 5.23. The van der Waals surface area contributed by atoms with Crippen LogP contribution in [0.15, 0.2) is 0 Å². The van der Waals surface area contributed by atoms with Crippen molar-refractivity contribution in [3.05, 3.63) is 0 Å². The quantitative estimate of drug-likeness (QED) is 0.623. The topological polar surface area (TPSA) is 52.9 Å². The molecule has 0 saturated carbocycles. The molecule has 0 aliphatic carbocycles. The van der Waals surface area contributed by atoms with Gasteiger partial charge in [-0.1, -0.05) is 0 Å². The third-order valence-corrected chi connectivity index (χ3v) is 2.55. The van der Waals surface area contributed by atoms with Gasteiger partial charge in [-0.3, -0.25) is 0 Å². The second kappa shape index (κ2) is 5.54. The Kier molecular flexibility index (Phi) is 4.66. The minimum atomic E-state index is -0.598. The van der Waals surface area contributed by atoms with Crippen LogP contribution in [0, 0.1) is 0 Å². The Balaban J connectivity index is 2.17. The molecule has 0 aromatic carbocycles. The van der Waals surface area contributed by atoms with Gasteiger partial charge in [0.05, 0.1) is 18.8 Å². The maximum Gasteiger partial charge on any atom is 0.0897 e. The van der Waals surface area contributed by atoms with Crippen molar-refractivity contribution in [2.45, 2.75) is 25.0 Å². The summed E-state index contributed by atoms with van der Waals surface area (Å²) in [6.45, 7) is 2.34. The third kappa shape index (κ3) is 3.60. The zero-order valence-electron chi connectivity index (χ0n) is 8.15. The standard InChI is InChI=1S/C9H19NO3/c1-13-9-2-4-10(5-3-9)6-8(12)7-11/h8-9,11-12H,2-7H2,1H3. The molecule has 0 radical (unpaired) electrons. The summed E-state index contributed by atoms with van der Waals surface area (Å²) in [6, 6.07) is 0. The van der Waals surface area contributed by atoms with Gasteiger partial charge in [-0.25, -0.2) is 0 Å². The van der Waals surface area contributed by atoms with Crippen molar-refractivity contribution in [3.8, 4) is 0 Å². The van der Waals surface area contributed by atoms with Crippen LogP contribution < -0.4 is 0 Å². The number of piperidine rings is 1. The fourth-order valence-corrected chi connectivity index (χ4v) is 1.68. The van der Waals surface area contributed by atoms with Gasteiger partial charge in [-0.05, 0) is 12.8 Å². The number of aliphatic hydroxyl groups is 2. The minimum Gasteiger partial charge on any atom is -0.394 e. The summed E-state index contributed by atoms with van der Waals surface area (Å²) in [7, 11) is 1.74.